The summed E-state index contributed by atoms with van der Waals surface area (Å²) in [5, 5.41) is 2.82. The molecule has 7 heteroatoms. The number of carbonyl (C=O) groups is 1. The molecule has 0 saturated carbocycles. The van der Waals surface area contributed by atoms with E-state index < -0.39 is 10.1 Å². The SMILES string of the molecule is C=CC(=O)NCCC[N+](C)(CCC)CCC.Cc1ccc(S(=O)(=O)[O-])cc1. The lowest BCUT2D eigenvalue weighted by molar-refractivity contribution is -0.909. The second-order valence-corrected chi connectivity index (χ2v) is 8.29. The molecule has 0 aliphatic heterocycles. The first-order valence-electron chi connectivity index (χ1n) is 9.34. The maximum absolute atomic E-state index is 11.0. The van der Waals surface area contributed by atoms with Crippen LogP contribution in [0.15, 0.2) is 41.8 Å². The Morgan fingerprint density at radius 3 is 2.07 bits per heavy atom. The minimum absolute atomic E-state index is 0.0693. The van der Waals surface area contributed by atoms with Gasteiger partial charge in [-0.15, -0.1) is 0 Å². The zero-order chi connectivity index (χ0) is 20.9. The number of amides is 1. The van der Waals surface area contributed by atoms with Gasteiger partial charge in [-0.05, 0) is 38.0 Å². The van der Waals surface area contributed by atoms with Crippen LogP contribution in [0.4, 0.5) is 0 Å². The number of hydrogen-bond donors (Lipinski definition) is 1. The molecule has 1 aromatic rings. The second kappa shape index (κ2) is 12.6. The highest BCUT2D eigenvalue weighted by Gasteiger charge is 2.18. The molecule has 0 fully saturated rings. The molecule has 1 aromatic carbocycles. The van der Waals surface area contributed by atoms with E-state index in [1.807, 2.05) is 6.92 Å². The van der Waals surface area contributed by atoms with Gasteiger partial charge in [0, 0.05) is 13.0 Å². The zero-order valence-corrected chi connectivity index (χ0v) is 17.8. The number of rotatable bonds is 10. The Bertz CT molecular complexity index is 664. The molecule has 0 atom stereocenters. The summed E-state index contributed by atoms with van der Waals surface area (Å²) in [6, 6.07) is 5.78. The van der Waals surface area contributed by atoms with Gasteiger partial charge >= 0.3 is 0 Å². The van der Waals surface area contributed by atoms with Crippen LogP contribution in [0.25, 0.3) is 0 Å². The van der Waals surface area contributed by atoms with E-state index in [0.29, 0.717) is 0 Å². The van der Waals surface area contributed by atoms with Crippen molar-refractivity contribution in [2.75, 3.05) is 33.2 Å². The number of aryl methyl sites for hydroxylation is 1. The fourth-order valence-electron chi connectivity index (χ4n) is 2.86. The largest absolute Gasteiger partial charge is 0.744 e. The van der Waals surface area contributed by atoms with Crippen molar-refractivity contribution >= 4 is 16.0 Å². The number of carbonyl (C=O) groups excluding carboxylic acids is 1. The van der Waals surface area contributed by atoms with E-state index in [1.165, 1.54) is 44.1 Å². The molecule has 6 nitrogen and oxygen atoms in total. The summed E-state index contributed by atoms with van der Waals surface area (Å²) in [6.45, 7) is 14.1. The van der Waals surface area contributed by atoms with Crippen LogP contribution < -0.4 is 5.32 Å². The van der Waals surface area contributed by atoms with E-state index in [-0.39, 0.29) is 10.8 Å². The fraction of sp³-hybridized carbons (Fsp3) is 0.550. The van der Waals surface area contributed by atoms with Crippen LogP contribution in [0.3, 0.4) is 0 Å². The summed E-state index contributed by atoms with van der Waals surface area (Å²) >= 11 is 0. The van der Waals surface area contributed by atoms with Crippen molar-refractivity contribution in [2.24, 2.45) is 0 Å². The van der Waals surface area contributed by atoms with Gasteiger partial charge in [0.25, 0.3) is 0 Å². The van der Waals surface area contributed by atoms with Crippen molar-refractivity contribution < 1.29 is 22.2 Å². The van der Waals surface area contributed by atoms with E-state index in [0.717, 1.165) is 29.6 Å². The van der Waals surface area contributed by atoms with Gasteiger partial charge in [0.15, 0.2) is 0 Å². The molecule has 1 rings (SSSR count). The van der Waals surface area contributed by atoms with Crippen molar-refractivity contribution in [3.63, 3.8) is 0 Å². The molecular formula is C20H34N2O4S. The Labute approximate surface area is 164 Å². The highest BCUT2D eigenvalue weighted by molar-refractivity contribution is 7.85. The summed E-state index contributed by atoms with van der Waals surface area (Å²) in [5.74, 6) is -0.0693. The average Bonchev–Trinajstić information content (AvgIpc) is 2.59. The van der Waals surface area contributed by atoms with Crippen molar-refractivity contribution in [2.45, 2.75) is 44.9 Å². The lowest BCUT2D eigenvalue weighted by Crippen LogP contribution is -2.46. The van der Waals surface area contributed by atoms with Gasteiger partial charge in [-0.2, -0.15) is 0 Å². The molecule has 27 heavy (non-hydrogen) atoms. The predicted molar refractivity (Wildman–Crippen MR) is 108 cm³/mol. The Hall–Kier alpha value is -1.70. The van der Waals surface area contributed by atoms with E-state index in [2.05, 4.69) is 32.8 Å². The Morgan fingerprint density at radius 2 is 1.67 bits per heavy atom. The monoisotopic (exact) mass is 398 g/mol. The molecule has 0 bridgehead atoms. The first kappa shape index (κ1) is 25.3. The van der Waals surface area contributed by atoms with Crippen LogP contribution in [0, 0.1) is 6.92 Å². The summed E-state index contributed by atoms with van der Waals surface area (Å²) < 4.78 is 32.3. The number of quaternary nitrogens is 1. The lowest BCUT2D eigenvalue weighted by Gasteiger charge is -2.34. The first-order chi connectivity index (χ1) is 12.6. The maximum Gasteiger partial charge on any atom is 0.243 e. The number of hydrogen-bond acceptors (Lipinski definition) is 4. The molecule has 0 radical (unpaired) electrons. The first-order valence-corrected chi connectivity index (χ1v) is 10.7. The third-order valence-electron chi connectivity index (χ3n) is 4.20. The van der Waals surface area contributed by atoms with E-state index >= 15 is 0 Å². The van der Waals surface area contributed by atoms with Gasteiger partial charge in [0.05, 0.1) is 31.6 Å². The average molecular weight is 399 g/mol. The molecule has 0 aliphatic carbocycles. The van der Waals surface area contributed by atoms with E-state index in [9.17, 15) is 17.8 Å². The maximum atomic E-state index is 11.0. The van der Waals surface area contributed by atoms with E-state index in [4.69, 9.17) is 0 Å². The smallest absolute Gasteiger partial charge is 0.243 e. The highest BCUT2D eigenvalue weighted by atomic mass is 32.2. The molecule has 0 aromatic heterocycles. The zero-order valence-electron chi connectivity index (χ0n) is 17.0. The van der Waals surface area contributed by atoms with Crippen LogP contribution in [-0.2, 0) is 14.9 Å². The second-order valence-electron chi connectivity index (χ2n) is 6.91. The third kappa shape index (κ3) is 11.6. The molecule has 1 amide bonds. The van der Waals surface area contributed by atoms with Gasteiger partial charge in [0.1, 0.15) is 10.1 Å². The molecule has 154 valence electrons. The molecule has 0 saturated heterocycles. The standard InChI is InChI=1S/C13H26N2O.C7H8O3S/c1-5-10-15(4,11-6-2)12-8-9-14-13(16)7-3;1-6-2-4-7(5-3-6)11(8,9)10/h7H,3,5-6,8-12H2,1-2,4H3;2-5H,1H3,(H,8,9,10). The van der Waals surface area contributed by atoms with Crippen molar-refractivity contribution in [3.8, 4) is 0 Å². The van der Waals surface area contributed by atoms with Crippen molar-refractivity contribution in [3.05, 3.63) is 42.5 Å². The third-order valence-corrected chi connectivity index (χ3v) is 5.05. The van der Waals surface area contributed by atoms with Gasteiger partial charge in [-0.1, -0.05) is 38.1 Å². The molecular weight excluding hydrogens is 364 g/mol. The quantitative estimate of drug-likeness (QED) is 0.284. The summed E-state index contributed by atoms with van der Waals surface area (Å²) in [4.78, 5) is 10.8. The molecule has 0 spiro atoms. The number of nitrogens with zero attached hydrogens (tertiary/aromatic N) is 1. The van der Waals surface area contributed by atoms with Crippen molar-refractivity contribution in [1.29, 1.82) is 0 Å². The summed E-state index contributed by atoms with van der Waals surface area (Å²) in [7, 11) is -1.96. The normalized spacial score (nSPS) is 11.3. The van der Waals surface area contributed by atoms with Crippen LogP contribution in [0.2, 0.25) is 0 Å². The minimum Gasteiger partial charge on any atom is -0.744 e. The molecule has 0 unspecified atom stereocenters. The Morgan fingerprint density at radius 1 is 1.15 bits per heavy atom. The van der Waals surface area contributed by atoms with Gasteiger partial charge < -0.3 is 14.4 Å². The van der Waals surface area contributed by atoms with Crippen molar-refractivity contribution in [1.82, 2.24) is 5.32 Å². The summed E-state index contributed by atoms with van der Waals surface area (Å²) in [6.07, 6.45) is 4.80. The Kier molecular flexibility index (Phi) is 11.8. The number of benzene rings is 1. The molecule has 0 aliphatic rings. The minimum atomic E-state index is -4.27. The van der Waals surface area contributed by atoms with Gasteiger partial charge in [-0.25, -0.2) is 8.42 Å². The fourth-order valence-corrected chi connectivity index (χ4v) is 3.33. The van der Waals surface area contributed by atoms with Gasteiger partial charge in [-0.3, -0.25) is 4.79 Å². The van der Waals surface area contributed by atoms with E-state index in [1.54, 1.807) is 12.1 Å². The lowest BCUT2D eigenvalue weighted by atomic mass is 10.2. The van der Waals surface area contributed by atoms with Crippen LogP contribution in [0.5, 0.6) is 0 Å². The molecule has 0 heterocycles. The topological polar surface area (TPSA) is 86.3 Å². The number of nitrogens with one attached hydrogen (secondary N) is 1. The highest BCUT2D eigenvalue weighted by Crippen LogP contribution is 2.08. The summed E-state index contributed by atoms with van der Waals surface area (Å²) in [5.41, 5.74) is 0.928. The van der Waals surface area contributed by atoms with Crippen LogP contribution in [-0.4, -0.2) is 56.6 Å². The van der Waals surface area contributed by atoms with Gasteiger partial charge in [0.2, 0.25) is 5.91 Å². The predicted octanol–water partition coefficient (Wildman–Crippen LogP) is 2.84. The van der Waals surface area contributed by atoms with Crippen LogP contribution in [0.1, 0.15) is 38.7 Å². The Balaban J connectivity index is 0.000000533. The molecule has 1 N–H and O–H groups in total. The van der Waals surface area contributed by atoms with Crippen LogP contribution >= 0.6 is 0 Å².